The fourth-order valence-electron chi connectivity index (χ4n) is 2.62. The van der Waals surface area contributed by atoms with E-state index < -0.39 is 15.8 Å². The molecule has 31 heavy (non-hydrogen) atoms. The number of nitrogens with zero attached hydrogens (tertiary/aromatic N) is 5. The Morgan fingerprint density at radius 1 is 1.06 bits per heavy atom. The number of aromatic nitrogens is 2. The molecule has 0 bridgehead atoms. The lowest BCUT2D eigenvalue weighted by atomic mass is 10.1. The van der Waals surface area contributed by atoms with Crippen LogP contribution in [0.15, 0.2) is 64.3 Å². The van der Waals surface area contributed by atoms with Gasteiger partial charge in [-0.15, -0.1) is 0 Å². The summed E-state index contributed by atoms with van der Waals surface area (Å²) in [5.41, 5.74) is 4.33. The van der Waals surface area contributed by atoms with Gasteiger partial charge in [0.05, 0.1) is 26.6 Å². The average Bonchev–Trinajstić information content (AvgIpc) is 3.12. The zero-order chi connectivity index (χ0) is 22.5. The molecule has 3 rings (SSSR count). The van der Waals surface area contributed by atoms with Crippen LogP contribution in [0, 0.1) is 20.2 Å². The van der Waals surface area contributed by atoms with Crippen molar-refractivity contribution in [1.29, 1.82) is 0 Å². The lowest BCUT2D eigenvalue weighted by Crippen LogP contribution is -2.20. The van der Waals surface area contributed by atoms with Crippen molar-refractivity contribution in [3.8, 4) is 0 Å². The minimum absolute atomic E-state index is 0.00767. The van der Waals surface area contributed by atoms with Gasteiger partial charge in [-0.1, -0.05) is 12.1 Å². The number of nitro benzene ring substituents is 2. The summed E-state index contributed by atoms with van der Waals surface area (Å²) in [6.07, 6.45) is 1.61. The van der Waals surface area contributed by atoms with Crippen molar-refractivity contribution in [2.75, 3.05) is 0 Å². The van der Waals surface area contributed by atoms with E-state index in [9.17, 15) is 25.0 Å². The van der Waals surface area contributed by atoms with Crippen LogP contribution >= 0.6 is 15.9 Å². The maximum atomic E-state index is 12.4. The van der Waals surface area contributed by atoms with Gasteiger partial charge in [-0.3, -0.25) is 29.7 Å². The molecule has 1 N–H and O–H groups in total. The smallest absolute Gasteiger partial charge is 0.266 e. The van der Waals surface area contributed by atoms with E-state index in [1.807, 2.05) is 0 Å². The van der Waals surface area contributed by atoms with Gasteiger partial charge in [0.1, 0.15) is 0 Å². The molecule has 0 aliphatic heterocycles. The van der Waals surface area contributed by atoms with Crippen LogP contribution in [0.5, 0.6) is 0 Å². The van der Waals surface area contributed by atoms with E-state index in [1.54, 1.807) is 25.3 Å². The number of hydrogen-bond acceptors (Lipinski definition) is 7. The average molecular weight is 487 g/mol. The second-order valence-electron chi connectivity index (χ2n) is 6.39. The molecule has 0 saturated heterocycles. The maximum Gasteiger partial charge on any atom is 0.293 e. The second kappa shape index (κ2) is 9.26. The molecule has 0 radical (unpaired) electrons. The summed E-state index contributed by atoms with van der Waals surface area (Å²) in [6.45, 7) is 1.97. The number of nitro groups is 2. The summed E-state index contributed by atoms with van der Waals surface area (Å²) >= 11 is 3.29. The number of halogens is 1. The highest BCUT2D eigenvalue weighted by Crippen LogP contribution is 2.18. The standard InChI is InChI=1S/C19H15BrN6O5/c1-12(14-4-8-16(9-5-14)26(30)31)21-22-19(27)18-17(20)11-24(23-18)10-13-2-6-15(7-3-13)25(28)29/h2-9,11H,10H2,1H3,(H,22,27)/b21-12-. The van der Waals surface area contributed by atoms with E-state index in [1.165, 1.54) is 41.1 Å². The van der Waals surface area contributed by atoms with Gasteiger partial charge >= 0.3 is 0 Å². The summed E-state index contributed by atoms with van der Waals surface area (Å²) in [4.78, 5) is 32.9. The third-order valence-corrected chi connectivity index (χ3v) is 4.83. The van der Waals surface area contributed by atoms with Gasteiger partial charge < -0.3 is 0 Å². The highest BCUT2D eigenvalue weighted by Gasteiger charge is 2.16. The van der Waals surface area contributed by atoms with Gasteiger partial charge in [-0.25, -0.2) is 5.43 Å². The Morgan fingerprint density at radius 3 is 2.16 bits per heavy atom. The molecule has 12 heteroatoms. The predicted octanol–water partition coefficient (Wildman–Crippen LogP) is 3.66. The largest absolute Gasteiger partial charge is 0.293 e. The SMILES string of the molecule is C/C(=N/NC(=O)c1nn(Cc2ccc([N+](=O)[O-])cc2)cc1Br)c1ccc([N+](=O)[O-])cc1. The number of hydrogen-bond donors (Lipinski definition) is 1. The molecule has 0 spiro atoms. The zero-order valence-corrected chi connectivity index (χ0v) is 17.6. The van der Waals surface area contributed by atoms with E-state index in [2.05, 4.69) is 31.6 Å². The van der Waals surface area contributed by atoms with Gasteiger partial charge in [0, 0.05) is 30.5 Å². The van der Waals surface area contributed by atoms with E-state index in [4.69, 9.17) is 0 Å². The number of carbonyl (C=O) groups is 1. The summed E-state index contributed by atoms with van der Waals surface area (Å²) in [5, 5.41) is 29.7. The quantitative estimate of drug-likeness (QED) is 0.306. The van der Waals surface area contributed by atoms with Crippen LogP contribution in [0.3, 0.4) is 0 Å². The molecule has 1 aromatic heterocycles. The molecular formula is C19H15BrN6O5. The lowest BCUT2D eigenvalue weighted by molar-refractivity contribution is -0.385. The first-order chi connectivity index (χ1) is 14.7. The molecule has 0 aliphatic rings. The molecule has 0 saturated carbocycles. The lowest BCUT2D eigenvalue weighted by Gasteiger charge is -2.03. The molecule has 158 valence electrons. The third-order valence-electron chi connectivity index (χ3n) is 4.24. The fourth-order valence-corrected chi connectivity index (χ4v) is 3.11. The first kappa shape index (κ1) is 21.8. The number of hydrazone groups is 1. The molecular weight excluding hydrogens is 472 g/mol. The second-order valence-corrected chi connectivity index (χ2v) is 7.24. The van der Waals surface area contributed by atoms with Crippen molar-refractivity contribution in [2.45, 2.75) is 13.5 Å². The van der Waals surface area contributed by atoms with Gasteiger partial charge in [0.2, 0.25) is 0 Å². The molecule has 1 amide bonds. The van der Waals surface area contributed by atoms with Crippen molar-refractivity contribution < 1.29 is 14.6 Å². The van der Waals surface area contributed by atoms with Crippen LogP contribution in [-0.2, 0) is 6.54 Å². The molecule has 0 fully saturated rings. The molecule has 11 nitrogen and oxygen atoms in total. The van der Waals surface area contributed by atoms with E-state index in [0.29, 0.717) is 22.3 Å². The van der Waals surface area contributed by atoms with Crippen molar-refractivity contribution in [2.24, 2.45) is 5.10 Å². The predicted molar refractivity (Wildman–Crippen MR) is 115 cm³/mol. The van der Waals surface area contributed by atoms with Gasteiger partial charge in [-0.05, 0) is 46.1 Å². The number of carbonyl (C=O) groups excluding carboxylic acids is 1. The molecule has 0 unspecified atom stereocenters. The molecule has 3 aromatic rings. The highest BCUT2D eigenvalue weighted by molar-refractivity contribution is 9.10. The summed E-state index contributed by atoms with van der Waals surface area (Å²) < 4.78 is 1.97. The van der Waals surface area contributed by atoms with Gasteiger partial charge in [0.15, 0.2) is 5.69 Å². The number of amides is 1. The number of benzene rings is 2. The topological polar surface area (TPSA) is 146 Å². The fraction of sp³-hybridized carbons (Fsp3) is 0.105. The molecule has 1 heterocycles. The molecule has 0 atom stereocenters. The van der Waals surface area contributed by atoms with Crippen molar-refractivity contribution in [1.82, 2.24) is 15.2 Å². The molecule has 2 aromatic carbocycles. The Morgan fingerprint density at radius 2 is 1.61 bits per heavy atom. The van der Waals surface area contributed by atoms with E-state index in [-0.39, 0.29) is 17.1 Å². The minimum atomic E-state index is -0.546. The van der Waals surface area contributed by atoms with Crippen LogP contribution in [-0.4, -0.2) is 31.2 Å². The molecule has 0 aliphatic carbocycles. The van der Waals surface area contributed by atoms with Crippen LogP contribution in [0.2, 0.25) is 0 Å². The minimum Gasteiger partial charge on any atom is -0.266 e. The third kappa shape index (κ3) is 5.36. The Balaban J connectivity index is 1.68. The van der Waals surface area contributed by atoms with Crippen molar-refractivity contribution in [3.05, 3.63) is 96.2 Å². The van der Waals surface area contributed by atoms with Crippen molar-refractivity contribution >= 4 is 38.9 Å². The Kier molecular flexibility index (Phi) is 6.50. The number of nitrogens with one attached hydrogen (secondary N) is 1. The summed E-state index contributed by atoms with van der Waals surface area (Å²) in [7, 11) is 0. The van der Waals surface area contributed by atoms with Crippen molar-refractivity contribution in [3.63, 3.8) is 0 Å². The summed E-state index contributed by atoms with van der Waals surface area (Å²) in [6, 6.07) is 11.8. The normalized spacial score (nSPS) is 11.2. The monoisotopic (exact) mass is 486 g/mol. The zero-order valence-electron chi connectivity index (χ0n) is 16.1. The summed E-state index contributed by atoms with van der Waals surface area (Å²) in [5.74, 6) is -0.546. The number of rotatable bonds is 7. The van der Waals surface area contributed by atoms with Crippen LogP contribution in [0.1, 0.15) is 28.5 Å². The Bertz CT molecular complexity index is 1170. The van der Waals surface area contributed by atoms with Crippen LogP contribution < -0.4 is 5.43 Å². The maximum absolute atomic E-state index is 12.4. The first-order valence-electron chi connectivity index (χ1n) is 8.80. The highest BCUT2D eigenvalue weighted by atomic mass is 79.9. The number of non-ortho nitro benzene ring substituents is 2. The van der Waals surface area contributed by atoms with Crippen LogP contribution in [0.4, 0.5) is 11.4 Å². The van der Waals surface area contributed by atoms with Gasteiger partial charge in [-0.2, -0.15) is 10.2 Å². The Hall–Kier alpha value is -3.93. The van der Waals surface area contributed by atoms with Crippen LogP contribution in [0.25, 0.3) is 0 Å². The van der Waals surface area contributed by atoms with Gasteiger partial charge in [0.25, 0.3) is 17.3 Å². The Labute approximate surface area is 183 Å². The first-order valence-corrected chi connectivity index (χ1v) is 9.59. The van der Waals surface area contributed by atoms with E-state index in [0.717, 1.165) is 5.56 Å². The van der Waals surface area contributed by atoms with E-state index >= 15 is 0 Å².